The van der Waals surface area contributed by atoms with Gasteiger partial charge in [0.05, 0.1) is 4.92 Å². The molecule has 0 radical (unpaired) electrons. The Hall–Kier alpha value is -3.98. The molecule has 170 valence electrons. The van der Waals surface area contributed by atoms with Crippen molar-refractivity contribution in [1.82, 2.24) is 10.9 Å². The number of rotatable bonds is 6. The molecule has 0 atom stereocenters. The van der Waals surface area contributed by atoms with Crippen LogP contribution in [0.1, 0.15) is 32.6 Å². The van der Waals surface area contributed by atoms with E-state index < -0.39 is 4.92 Å². The number of aryl methyl sites for hydroxylation is 2. The number of nitrogens with zero attached hydrogens (tertiary/aromatic N) is 1. The van der Waals surface area contributed by atoms with Crippen molar-refractivity contribution >= 4 is 34.6 Å². The van der Waals surface area contributed by atoms with Gasteiger partial charge in [-0.2, -0.15) is 0 Å². The zero-order chi connectivity index (χ0) is 24.0. The van der Waals surface area contributed by atoms with Crippen LogP contribution in [0.3, 0.4) is 0 Å². The van der Waals surface area contributed by atoms with Crippen LogP contribution in [0.25, 0.3) is 0 Å². The number of nitro groups is 1. The summed E-state index contributed by atoms with van der Waals surface area (Å²) in [6.07, 6.45) is 0. The molecule has 3 rings (SSSR count). The first-order chi connectivity index (χ1) is 15.7. The normalized spacial score (nSPS) is 10.3. The van der Waals surface area contributed by atoms with Crippen LogP contribution in [-0.2, 0) is 6.61 Å². The van der Waals surface area contributed by atoms with E-state index in [4.69, 9.17) is 17.0 Å². The van der Waals surface area contributed by atoms with Gasteiger partial charge >= 0.3 is 0 Å². The first-order valence-corrected chi connectivity index (χ1v) is 10.6. The van der Waals surface area contributed by atoms with Crippen LogP contribution in [0.4, 0.5) is 11.4 Å². The first kappa shape index (κ1) is 23.7. The van der Waals surface area contributed by atoms with E-state index in [-0.39, 0.29) is 23.3 Å². The second kappa shape index (κ2) is 10.6. The van der Waals surface area contributed by atoms with Gasteiger partial charge in [0, 0.05) is 22.9 Å². The summed E-state index contributed by atoms with van der Waals surface area (Å²) in [5.41, 5.74) is 10.1. The van der Waals surface area contributed by atoms with Crippen molar-refractivity contribution < 1.29 is 14.5 Å². The molecule has 0 heterocycles. The van der Waals surface area contributed by atoms with Gasteiger partial charge in [0.1, 0.15) is 12.4 Å². The number of hydrogen-bond donors (Lipinski definition) is 3. The zero-order valence-electron chi connectivity index (χ0n) is 18.5. The molecule has 3 N–H and O–H groups in total. The van der Waals surface area contributed by atoms with Crippen molar-refractivity contribution in [3.05, 3.63) is 98.6 Å². The second-order valence-corrected chi connectivity index (χ2v) is 7.88. The van der Waals surface area contributed by atoms with E-state index in [9.17, 15) is 14.9 Å². The van der Waals surface area contributed by atoms with Gasteiger partial charge in [0.15, 0.2) is 5.11 Å². The molecule has 1 amide bonds. The maximum atomic E-state index is 12.5. The van der Waals surface area contributed by atoms with Crippen molar-refractivity contribution in [3.63, 3.8) is 0 Å². The first-order valence-electron chi connectivity index (χ1n) is 10.1. The summed E-state index contributed by atoms with van der Waals surface area (Å²) in [5, 5.41) is 14.3. The number of benzene rings is 3. The van der Waals surface area contributed by atoms with Gasteiger partial charge in [-0.3, -0.25) is 25.8 Å². The summed E-state index contributed by atoms with van der Waals surface area (Å²) in [4.78, 5) is 23.0. The average molecular weight is 465 g/mol. The van der Waals surface area contributed by atoms with E-state index in [2.05, 4.69) is 16.2 Å². The van der Waals surface area contributed by atoms with E-state index in [0.717, 1.165) is 22.4 Å². The maximum absolute atomic E-state index is 12.5. The van der Waals surface area contributed by atoms with Gasteiger partial charge in [0.2, 0.25) is 0 Å². The minimum atomic E-state index is -0.432. The minimum Gasteiger partial charge on any atom is -0.489 e. The number of nitro benzene ring substituents is 1. The van der Waals surface area contributed by atoms with Crippen molar-refractivity contribution in [2.45, 2.75) is 27.4 Å². The van der Waals surface area contributed by atoms with Gasteiger partial charge < -0.3 is 10.1 Å². The molecular formula is C24H24N4O4S. The maximum Gasteiger partial charge on any atom is 0.272 e. The molecule has 3 aromatic carbocycles. The Morgan fingerprint density at radius 2 is 1.76 bits per heavy atom. The summed E-state index contributed by atoms with van der Waals surface area (Å²) < 4.78 is 5.73. The van der Waals surface area contributed by atoms with E-state index in [0.29, 0.717) is 16.9 Å². The van der Waals surface area contributed by atoms with Gasteiger partial charge in [0.25, 0.3) is 11.6 Å². The summed E-state index contributed by atoms with van der Waals surface area (Å²) in [5.74, 6) is 0.158. The quantitative estimate of drug-likeness (QED) is 0.275. The molecule has 0 aliphatic heterocycles. The third kappa shape index (κ3) is 6.27. The number of nitrogens with one attached hydrogen (secondary N) is 3. The largest absolute Gasteiger partial charge is 0.489 e. The molecule has 0 saturated heterocycles. The van der Waals surface area contributed by atoms with E-state index >= 15 is 0 Å². The van der Waals surface area contributed by atoms with Crippen LogP contribution >= 0.6 is 12.2 Å². The van der Waals surface area contributed by atoms with Crippen molar-refractivity contribution in [1.29, 1.82) is 0 Å². The fraction of sp³-hybridized carbons (Fsp3) is 0.167. The lowest BCUT2D eigenvalue weighted by atomic mass is 10.1. The standard InChI is InChI=1S/C24H24N4O4S/c1-15-6-4-9-21(17(15)3)25-24(33)27-26-23(29)19-8-5-7-18(13-19)14-32-20-10-11-22(28(30)31)16(2)12-20/h4-13H,14H2,1-3H3,(H,26,29)(H2,25,27,33). The highest BCUT2D eigenvalue weighted by atomic mass is 32.1. The number of hydrazine groups is 1. The predicted molar refractivity (Wildman–Crippen MR) is 131 cm³/mol. The minimum absolute atomic E-state index is 0.0403. The number of ether oxygens (including phenoxy) is 1. The molecule has 0 saturated carbocycles. The number of anilines is 1. The molecule has 33 heavy (non-hydrogen) atoms. The lowest BCUT2D eigenvalue weighted by Gasteiger charge is -2.14. The summed E-state index contributed by atoms with van der Waals surface area (Å²) in [6.45, 7) is 5.86. The van der Waals surface area contributed by atoms with E-state index in [1.807, 2.05) is 38.1 Å². The Balaban J connectivity index is 1.56. The number of thiocarbonyl (C=S) groups is 1. The van der Waals surface area contributed by atoms with E-state index in [1.54, 1.807) is 37.3 Å². The average Bonchev–Trinajstić information content (AvgIpc) is 2.79. The van der Waals surface area contributed by atoms with Crippen LogP contribution in [0, 0.1) is 30.9 Å². The molecule has 0 aliphatic rings. The Labute approximate surface area is 197 Å². The van der Waals surface area contributed by atoms with Crippen molar-refractivity contribution in [3.8, 4) is 5.75 Å². The van der Waals surface area contributed by atoms with Crippen LogP contribution in [-0.4, -0.2) is 15.9 Å². The van der Waals surface area contributed by atoms with Crippen LogP contribution in [0.5, 0.6) is 5.75 Å². The fourth-order valence-electron chi connectivity index (χ4n) is 3.12. The third-order valence-corrected chi connectivity index (χ3v) is 5.31. The van der Waals surface area contributed by atoms with Crippen LogP contribution in [0.2, 0.25) is 0 Å². The summed E-state index contributed by atoms with van der Waals surface area (Å²) in [7, 11) is 0. The van der Waals surface area contributed by atoms with Crippen LogP contribution in [0.15, 0.2) is 60.7 Å². The zero-order valence-corrected chi connectivity index (χ0v) is 19.3. The number of hydrogen-bond acceptors (Lipinski definition) is 5. The smallest absolute Gasteiger partial charge is 0.272 e. The predicted octanol–water partition coefficient (Wildman–Crippen LogP) is 4.73. The SMILES string of the molecule is Cc1cc(OCc2cccc(C(=O)NNC(=S)Nc3cccc(C)c3C)c2)ccc1[N+](=O)[O-]. The fourth-order valence-corrected chi connectivity index (χ4v) is 3.28. The molecule has 0 spiro atoms. The highest BCUT2D eigenvalue weighted by Gasteiger charge is 2.11. The Morgan fingerprint density at radius 1 is 1.00 bits per heavy atom. The topological polar surface area (TPSA) is 106 Å². The monoisotopic (exact) mass is 464 g/mol. The molecule has 0 fully saturated rings. The highest BCUT2D eigenvalue weighted by Crippen LogP contribution is 2.24. The van der Waals surface area contributed by atoms with Crippen LogP contribution < -0.4 is 20.9 Å². The van der Waals surface area contributed by atoms with Crippen molar-refractivity contribution in [2.24, 2.45) is 0 Å². The number of carbonyl (C=O) groups excluding carboxylic acids is 1. The molecule has 0 aliphatic carbocycles. The van der Waals surface area contributed by atoms with Gasteiger partial charge in [-0.05, 0) is 80.0 Å². The lowest BCUT2D eigenvalue weighted by molar-refractivity contribution is -0.385. The number of carbonyl (C=O) groups is 1. The summed E-state index contributed by atoms with van der Waals surface area (Å²) in [6, 6.07) is 17.4. The second-order valence-electron chi connectivity index (χ2n) is 7.48. The number of amides is 1. The molecule has 9 heteroatoms. The Bertz CT molecular complexity index is 1210. The van der Waals surface area contributed by atoms with Gasteiger partial charge in [-0.15, -0.1) is 0 Å². The molecule has 0 aromatic heterocycles. The molecule has 0 bridgehead atoms. The molecule has 8 nitrogen and oxygen atoms in total. The van der Waals surface area contributed by atoms with Gasteiger partial charge in [-0.25, -0.2) is 0 Å². The van der Waals surface area contributed by atoms with Gasteiger partial charge in [-0.1, -0.05) is 24.3 Å². The molecule has 3 aromatic rings. The lowest BCUT2D eigenvalue weighted by Crippen LogP contribution is -2.43. The Kier molecular flexibility index (Phi) is 7.57. The summed E-state index contributed by atoms with van der Waals surface area (Å²) >= 11 is 5.27. The highest BCUT2D eigenvalue weighted by molar-refractivity contribution is 7.80. The Morgan fingerprint density at radius 3 is 2.48 bits per heavy atom. The van der Waals surface area contributed by atoms with E-state index in [1.165, 1.54) is 6.07 Å². The molecule has 0 unspecified atom stereocenters. The van der Waals surface area contributed by atoms with Crippen molar-refractivity contribution in [2.75, 3.05) is 5.32 Å². The third-order valence-electron chi connectivity index (χ3n) is 5.10. The molecular weight excluding hydrogens is 440 g/mol.